The molecule has 2 heterocycles. The van der Waals surface area contributed by atoms with E-state index in [9.17, 15) is 8.42 Å². The summed E-state index contributed by atoms with van der Waals surface area (Å²) in [6.45, 7) is 0. The molecule has 72 valence electrons. The molecule has 4 nitrogen and oxygen atoms in total. The summed E-state index contributed by atoms with van der Waals surface area (Å²) in [7, 11) is -3.23. The van der Waals surface area contributed by atoms with E-state index < -0.39 is 9.84 Å². The molecule has 0 amide bonds. The maximum atomic E-state index is 11.4. The van der Waals surface area contributed by atoms with Crippen molar-refractivity contribution in [2.75, 3.05) is 6.26 Å². The van der Waals surface area contributed by atoms with Gasteiger partial charge in [0, 0.05) is 18.6 Å². The van der Waals surface area contributed by atoms with Crippen molar-refractivity contribution in [1.29, 1.82) is 0 Å². The minimum Gasteiger partial charge on any atom is -0.255 e. The molecule has 0 bridgehead atoms. The normalized spacial score (nSPS) is 11.8. The van der Waals surface area contributed by atoms with E-state index in [0.29, 0.717) is 11.0 Å². The average molecular weight is 208 g/mol. The Hall–Kier alpha value is -1.49. The number of aromatic nitrogens is 2. The first-order valence-electron chi connectivity index (χ1n) is 3.99. The van der Waals surface area contributed by atoms with Crippen LogP contribution in [0.2, 0.25) is 0 Å². The van der Waals surface area contributed by atoms with Gasteiger partial charge >= 0.3 is 0 Å². The van der Waals surface area contributed by atoms with E-state index in [2.05, 4.69) is 9.97 Å². The van der Waals surface area contributed by atoms with Gasteiger partial charge in [-0.15, -0.1) is 0 Å². The van der Waals surface area contributed by atoms with E-state index in [1.54, 1.807) is 18.3 Å². The van der Waals surface area contributed by atoms with Crippen LogP contribution in [0.4, 0.5) is 0 Å². The third kappa shape index (κ3) is 1.46. The highest BCUT2D eigenvalue weighted by Crippen LogP contribution is 2.17. The van der Waals surface area contributed by atoms with Crippen molar-refractivity contribution in [2.24, 2.45) is 0 Å². The fourth-order valence-corrected chi connectivity index (χ4v) is 2.07. The Morgan fingerprint density at radius 3 is 2.64 bits per heavy atom. The molecule has 0 aliphatic rings. The molecule has 0 N–H and O–H groups in total. The molecule has 2 aromatic rings. The molecule has 0 atom stereocenters. The standard InChI is InChI=1S/C9H8N2O2S/c1-14(12,13)8-4-6-10-7-3-2-5-11-9(7)8/h2-6H,1H3. The Kier molecular flexibility index (Phi) is 1.96. The van der Waals surface area contributed by atoms with Gasteiger partial charge in [-0.25, -0.2) is 8.42 Å². The number of fused-ring (bicyclic) bond motifs is 1. The highest BCUT2D eigenvalue weighted by atomic mass is 32.2. The van der Waals surface area contributed by atoms with Gasteiger partial charge in [-0.05, 0) is 18.2 Å². The third-order valence-electron chi connectivity index (χ3n) is 1.86. The summed E-state index contributed by atoms with van der Waals surface area (Å²) >= 11 is 0. The Bertz CT molecular complexity index is 573. The summed E-state index contributed by atoms with van der Waals surface area (Å²) in [6, 6.07) is 4.92. The summed E-state index contributed by atoms with van der Waals surface area (Å²) in [5, 5.41) is 0. The molecule has 0 spiro atoms. The second-order valence-electron chi connectivity index (χ2n) is 2.95. The molecule has 2 rings (SSSR count). The van der Waals surface area contributed by atoms with Crippen molar-refractivity contribution in [3.8, 4) is 0 Å². The fraction of sp³-hybridized carbons (Fsp3) is 0.111. The second-order valence-corrected chi connectivity index (χ2v) is 4.94. The maximum absolute atomic E-state index is 11.4. The van der Waals surface area contributed by atoms with Crippen molar-refractivity contribution in [2.45, 2.75) is 4.90 Å². The summed E-state index contributed by atoms with van der Waals surface area (Å²) in [6.07, 6.45) is 4.19. The van der Waals surface area contributed by atoms with Crippen LogP contribution in [0, 0.1) is 0 Å². The van der Waals surface area contributed by atoms with Crippen LogP contribution >= 0.6 is 0 Å². The first-order chi connectivity index (χ1) is 6.59. The maximum Gasteiger partial charge on any atom is 0.177 e. The van der Waals surface area contributed by atoms with Crippen LogP contribution in [0.1, 0.15) is 0 Å². The van der Waals surface area contributed by atoms with Crippen molar-refractivity contribution in [1.82, 2.24) is 9.97 Å². The van der Waals surface area contributed by atoms with Gasteiger partial charge in [0.15, 0.2) is 9.84 Å². The number of pyridine rings is 2. The lowest BCUT2D eigenvalue weighted by Crippen LogP contribution is -1.99. The Morgan fingerprint density at radius 2 is 1.93 bits per heavy atom. The number of rotatable bonds is 1. The highest BCUT2D eigenvalue weighted by molar-refractivity contribution is 7.91. The lowest BCUT2D eigenvalue weighted by atomic mass is 10.3. The zero-order valence-corrected chi connectivity index (χ0v) is 8.32. The van der Waals surface area contributed by atoms with Gasteiger partial charge in [0.2, 0.25) is 0 Å². The molecule has 0 saturated carbocycles. The molecular weight excluding hydrogens is 200 g/mol. The van der Waals surface area contributed by atoms with Crippen molar-refractivity contribution in [3.63, 3.8) is 0 Å². The van der Waals surface area contributed by atoms with Crippen LogP contribution in [0.15, 0.2) is 35.5 Å². The van der Waals surface area contributed by atoms with Crippen LogP contribution in [0.25, 0.3) is 11.0 Å². The smallest absolute Gasteiger partial charge is 0.177 e. The summed E-state index contributed by atoms with van der Waals surface area (Å²) in [5.74, 6) is 0. The minimum atomic E-state index is -3.23. The second kappa shape index (κ2) is 3.02. The molecular formula is C9H8N2O2S. The van der Waals surface area contributed by atoms with Crippen LogP contribution in [-0.2, 0) is 9.84 Å². The summed E-state index contributed by atoms with van der Waals surface area (Å²) < 4.78 is 22.8. The topological polar surface area (TPSA) is 59.9 Å². The predicted octanol–water partition coefficient (Wildman–Crippen LogP) is 1.03. The molecule has 0 fully saturated rings. The molecule has 2 aromatic heterocycles. The van der Waals surface area contributed by atoms with Crippen molar-refractivity contribution in [3.05, 3.63) is 30.6 Å². The number of sulfone groups is 1. The van der Waals surface area contributed by atoms with Gasteiger partial charge in [-0.1, -0.05) is 0 Å². The minimum absolute atomic E-state index is 0.225. The van der Waals surface area contributed by atoms with Gasteiger partial charge in [0.25, 0.3) is 0 Å². The summed E-state index contributed by atoms with van der Waals surface area (Å²) in [5.41, 5.74) is 1.02. The molecule has 0 radical (unpaired) electrons. The fourth-order valence-electron chi connectivity index (χ4n) is 1.25. The SMILES string of the molecule is CS(=O)(=O)c1ccnc2cccnc12. The van der Waals surface area contributed by atoms with E-state index in [1.807, 2.05) is 0 Å². The van der Waals surface area contributed by atoms with E-state index in [1.165, 1.54) is 12.3 Å². The van der Waals surface area contributed by atoms with Gasteiger partial charge in [-0.3, -0.25) is 9.97 Å². The van der Waals surface area contributed by atoms with E-state index >= 15 is 0 Å². The zero-order chi connectivity index (χ0) is 10.2. The van der Waals surface area contributed by atoms with Crippen molar-refractivity contribution < 1.29 is 8.42 Å². The average Bonchev–Trinajstić information content (AvgIpc) is 2.15. The van der Waals surface area contributed by atoms with Crippen LogP contribution < -0.4 is 0 Å². The first-order valence-corrected chi connectivity index (χ1v) is 5.88. The molecule has 0 unspecified atom stereocenters. The molecule has 5 heteroatoms. The van der Waals surface area contributed by atoms with E-state index in [4.69, 9.17) is 0 Å². The monoisotopic (exact) mass is 208 g/mol. The first kappa shape index (κ1) is 9.08. The Morgan fingerprint density at radius 1 is 1.14 bits per heavy atom. The molecule has 0 aliphatic carbocycles. The van der Waals surface area contributed by atoms with Gasteiger partial charge in [0.1, 0.15) is 5.52 Å². The van der Waals surface area contributed by atoms with Gasteiger partial charge in [-0.2, -0.15) is 0 Å². The largest absolute Gasteiger partial charge is 0.255 e. The number of hydrogen-bond donors (Lipinski definition) is 0. The molecule has 0 aliphatic heterocycles. The molecule has 0 aromatic carbocycles. The van der Waals surface area contributed by atoms with Gasteiger partial charge < -0.3 is 0 Å². The van der Waals surface area contributed by atoms with E-state index in [-0.39, 0.29) is 4.90 Å². The lowest BCUT2D eigenvalue weighted by molar-refractivity contribution is 0.602. The van der Waals surface area contributed by atoms with Crippen LogP contribution in [0.3, 0.4) is 0 Å². The predicted molar refractivity (Wildman–Crippen MR) is 52.6 cm³/mol. The molecule has 0 saturated heterocycles. The number of nitrogens with zero attached hydrogens (tertiary/aromatic N) is 2. The van der Waals surface area contributed by atoms with Crippen LogP contribution in [0.5, 0.6) is 0 Å². The molecule has 14 heavy (non-hydrogen) atoms. The quantitative estimate of drug-likeness (QED) is 0.702. The zero-order valence-electron chi connectivity index (χ0n) is 7.51. The van der Waals surface area contributed by atoms with Gasteiger partial charge in [0.05, 0.1) is 10.4 Å². The lowest BCUT2D eigenvalue weighted by Gasteiger charge is -2.01. The number of hydrogen-bond acceptors (Lipinski definition) is 4. The summed E-state index contributed by atoms with van der Waals surface area (Å²) in [4.78, 5) is 8.26. The Labute approximate surface area is 81.5 Å². The third-order valence-corrected chi connectivity index (χ3v) is 2.99. The Balaban J connectivity index is 2.92. The van der Waals surface area contributed by atoms with Crippen LogP contribution in [-0.4, -0.2) is 24.6 Å². The highest BCUT2D eigenvalue weighted by Gasteiger charge is 2.12. The van der Waals surface area contributed by atoms with E-state index in [0.717, 1.165) is 6.26 Å². The van der Waals surface area contributed by atoms with Crippen molar-refractivity contribution >= 4 is 20.9 Å².